The van der Waals surface area contributed by atoms with E-state index in [1.165, 1.54) is 5.56 Å². The average Bonchev–Trinajstić information content (AvgIpc) is 2.57. The summed E-state index contributed by atoms with van der Waals surface area (Å²) in [6, 6.07) is 13.9. The van der Waals surface area contributed by atoms with Crippen LogP contribution in [0.25, 0.3) is 6.08 Å². The van der Waals surface area contributed by atoms with Gasteiger partial charge >= 0.3 is 0 Å². The van der Waals surface area contributed by atoms with Crippen molar-refractivity contribution in [1.82, 2.24) is 0 Å². The van der Waals surface area contributed by atoms with Crippen LogP contribution in [0.2, 0.25) is 0 Å². The highest BCUT2D eigenvalue weighted by atomic mass is 16.5. The van der Waals surface area contributed by atoms with E-state index >= 15 is 0 Å². The summed E-state index contributed by atoms with van der Waals surface area (Å²) in [5, 5.41) is 10.6. The molecule has 0 saturated carbocycles. The molecule has 0 amide bonds. The van der Waals surface area contributed by atoms with Crippen LogP contribution < -0.4 is 9.47 Å². The Labute approximate surface area is 130 Å². The van der Waals surface area contributed by atoms with Crippen molar-refractivity contribution in [2.75, 3.05) is 14.2 Å². The molecule has 3 heteroatoms. The van der Waals surface area contributed by atoms with Gasteiger partial charge in [0.25, 0.3) is 0 Å². The maximum atomic E-state index is 10.6. The molecule has 2 aromatic carbocycles. The molecular formula is C19H20O3. The SMILES string of the molecule is COc1ccc(/C=C2\CCc3ccccc3C2O)cc1OC. The fraction of sp³-hybridized carbons (Fsp3) is 0.263. The Morgan fingerprint density at radius 1 is 1.00 bits per heavy atom. The van der Waals surface area contributed by atoms with Crippen LogP contribution in [0, 0.1) is 0 Å². The third kappa shape index (κ3) is 2.72. The maximum Gasteiger partial charge on any atom is 0.161 e. The number of ether oxygens (including phenoxy) is 2. The van der Waals surface area contributed by atoms with E-state index in [9.17, 15) is 5.11 Å². The van der Waals surface area contributed by atoms with Crippen LogP contribution in [0.3, 0.4) is 0 Å². The van der Waals surface area contributed by atoms with Crippen molar-refractivity contribution in [1.29, 1.82) is 0 Å². The number of hydrogen-bond acceptors (Lipinski definition) is 3. The van der Waals surface area contributed by atoms with Gasteiger partial charge in [0.15, 0.2) is 11.5 Å². The van der Waals surface area contributed by atoms with Crippen molar-refractivity contribution in [2.45, 2.75) is 18.9 Å². The molecule has 3 nitrogen and oxygen atoms in total. The fourth-order valence-electron chi connectivity index (χ4n) is 2.95. The van der Waals surface area contributed by atoms with E-state index in [2.05, 4.69) is 6.07 Å². The predicted octanol–water partition coefficient (Wildman–Crippen LogP) is 3.77. The summed E-state index contributed by atoms with van der Waals surface area (Å²) in [7, 11) is 3.25. The number of hydrogen-bond donors (Lipinski definition) is 1. The molecule has 2 aromatic rings. The number of aliphatic hydroxyl groups is 1. The molecule has 0 spiro atoms. The lowest BCUT2D eigenvalue weighted by Crippen LogP contribution is -2.12. The van der Waals surface area contributed by atoms with Crippen LogP contribution in [-0.4, -0.2) is 19.3 Å². The zero-order chi connectivity index (χ0) is 15.5. The highest BCUT2D eigenvalue weighted by molar-refractivity contribution is 5.60. The summed E-state index contributed by atoms with van der Waals surface area (Å²) in [5.74, 6) is 1.40. The number of methoxy groups -OCH3 is 2. The molecule has 0 heterocycles. The van der Waals surface area contributed by atoms with Gasteiger partial charge in [-0.25, -0.2) is 0 Å². The molecule has 0 bridgehead atoms. The lowest BCUT2D eigenvalue weighted by Gasteiger charge is -2.24. The smallest absolute Gasteiger partial charge is 0.161 e. The van der Waals surface area contributed by atoms with Gasteiger partial charge in [-0.2, -0.15) is 0 Å². The quantitative estimate of drug-likeness (QED) is 0.937. The second kappa shape index (κ2) is 6.24. The topological polar surface area (TPSA) is 38.7 Å². The van der Waals surface area contributed by atoms with Gasteiger partial charge in [-0.05, 0) is 47.2 Å². The molecule has 1 unspecified atom stereocenters. The number of aryl methyl sites for hydroxylation is 1. The number of aliphatic hydroxyl groups excluding tert-OH is 1. The molecule has 0 aromatic heterocycles. The molecule has 0 fully saturated rings. The van der Waals surface area contributed by atoms with E-state index in [0.29, 0.717) is 11.5 Å². The van der Waals surface area contributed by atoms with Crippen molar-refractivity contribution >= 4 is 6.08 Å². The van der Waals surface area contributed by atoms with Gasteiger partial charge in [0.05, 0.1) is 14.2 Å². The van der Waals surface area contributed by atoms with E-state index in [-0.39, 0.29) is 0 Å². The first-order valence-electron chi connectivity index (χ1n) is 7.41. The number of fused-ring (bicyclic) bond motifs is 1. The van der Waals surface area contributed by atoms with Crippen molar-refractivity contribution in [3.8, 4) is 11.5 Å². The standard InChI is InChI=1S/C19H20O3/c1-21-17-10-7-13(12-18(17)22-2)11-15-9-8-14-5-3-4-6-16(14)19(15)20/h3-7,10-12,19-20H,8-9H2,1-2H3/b15-11+. The van der Waals surface area contributed by atoms with E-state index < -0.39 is 6.10 Å². The first kappa shape index (κ1) is 14.7. The summed E-state index contributed by atoms with van der Waals surface area (Å²) in [5.41, 5.74) is 4.29. The summed E-state index contributed by atoms with van der Waals surface area (Å²) in [4.78, 5) is 0. The highest BCUT2D eigenvalue weighted by Gasteiger charge is 2.21. The van der Waals surface area contributed by atoms with Crippen molar-refractivity contribution in [2.24, 2.45) is 0 Å². The highest BCUT2D eigenvalue weighted by Crippen LogP contribution is 2.36. The maximum absolute atomic E-state index is 10.6. The van der Waals surface area contributed by atoms with Crippen LogP contribution in [0.5, 0.6) is 11.5 Å². The second-order valence-electron chi connectivity index (χ2n) is 5.44. The van der Waals surface area contributed by atoms with Crippen molar-refractivity contribution in [3.05, 3.63) is 64.7 Å². The third-order valence-electron chi connectivity index (χ3n) is 4.14. The van der Waals surface area contributed by atoms with E-state index in [1.54, 1.807) is 14.2 Å². The van der Waals surface area contributed by atoms with Gasteiger partial charge in [0.1, 0.15) is 6.10 Å². The van der Waals surface area contributed by atoms with Gasteiger partial charge < -0.3 is 14.6 Å². The normalized spacial score (nSPS) is 18.9. The molecule has 3 rings (SSSR count). The monoisotopic (exact) mass is 296 g/mol. The molecule has 0 saturated heterocycles. The molecule has 1 N–H and O–H groups in total. The second-order valence-corrected chi connectivity index (χ2v) is 5.44. The summed E-state index contributed by atoms with van der Waals surface area (Å²) in [6.07, 6.45) is 3.35. The predicted molar refractivity (Wildman–Crippen MR) is 87.2 cm³/mol. The average molecular weight is 296 g/mol. The lowest BCUT2D eigenvalue weighted by atomic mass is 9.85. The summed E-state index contributed by atoms with van der Waals surface area (Å²) >= 11 is 0. The minimum Gasteiger partial charge on any atom is -0.493 e. The minimum atomic E-state index is -0.530. The molecule has 1 aliphatic carbocycles. The van der Waals surface area contributed by atoms with Gasteiger partial charge in [0, 0.05) is 0 Å². The largest absolute Gasteiger partial charge is 0.493 e. The van der Waals surface area contributed by atoms with E-state index in [0.717, 1.165) is 29.5 Å². The Morgan fingerprint density at radius 3 is 2.55 bits per heavy atom. The number of rotatable bonds is 3. The summed E-state index contributed by atoms with van der Waals surface area (Å²) in [6.45, 7) is 0. The minimum absolute atomic E-state index is 0.530. The third-order valence-corrected chi connectivity index (χ3v) is 4.14. The lowest BCUT2D eigenvalue weighted by molar-refractivity contribution is 0.206. The Balaban J connectivity index is 1.93. The van der Waals surface area contributed by atoms with Crippen LogP contribution in [-0.2, 0) is 6.42 Å². The molecular weight excluding hydrogens is 276 g/mol. The molecule has 22 heavy (non-hydrogen) atoms. The Morgan fingerprint density at radius 2 is 1.77 bits per heavy atom. The molecule has 1 aliphatic rings. The molecule has 0 radical (unpaired) electrons. The summed E-state index contributed by atoms with van der Waals surface area (Å²) < 4.78 is 10.6. The van der Waals surface area contributed by atoms with Gasteiger partial charge in [-0.1, -0.05) is 36.4 Å². The molecule has 114 valence electrons. The van der Waals surface area contributed by atoms with E-state index in [1.807, 2.05) is 42.5 Å². The van der Waals surface area contributed by atoms with Crippen LogP contribution in [0.15, 0.2) is 48.0 Å². The van der Waals surface area contributed by atoms with Gasteiger partial charge in [0.2, 0.25) is 0 Å². The van der Waals surface area contributed by atoms with Crippen LogP contribution in [0.4, 0.5) is 0 Å². The van der Waals surface area contributed by atoms with Gasteiger partial charge in [-0.15, -0.1) is 0 Å². The zero-order valence-electron chi connectivity index (χ0n) is 12.9. The van der Waals surface area contributed by atoms with Crippen molar-refractivity contribution < 1.29 is 14.6 Å². The number of benzene rings is 2. The van der Waals surface area contributed by atoms with Crippen LogP contribution >= 0.6 is 0 Å². The Bertz CT molecular complexity index is 704. The first-order chi connectivity index (χ1) is 10.7. The van der Waals surface area contributed by atoms with Crippen molar-refractivity contribution in [3.63, 3.8) is 0 Å². The first-order valence-corrected chi connectivity index (χ1v) is 7.41. The zero-order valence-corrected chi connectivity index (χ0v) is 12.9. The van der Waals surface area contributed by atoms with Gasteiger partial charge in [-0.3, -0.25) is 0 Å². The fourth-order valence-corrected chi connectivity index (χ4v) is 2.95. The Hall–Kier alpha value is -2.26. The molecule has 0 aliphatic heterocycles. The Kier molecular flexibility index (Phi) is 4.16. The van der Waals surface area contributed by atoms with E-state index in [4.69, 9.17) is 9.47 Å². The van der Waals surface area contributed by atoms with Crippen LogP contribution in [0.1, 0.15) is 29.2 Å². The molecule has 1 atom stereocenters.